The number of anilines is 2. The van der Waals surface area contributed by atoms with Crippen LogP contribution in [0.15, 0.2) is 102 Å². The maximum absolute atomic E-state index is 13.6. The van der Waals surface area contributed by atoms with Crippen LogP contribution in [0.2, 0.25) is 0 Å². The molecule has 0 aliphatic carbocycles. The second kappa shape index (κ2) is 15.6. The summed E-state index contributed by atoms with van der Waals surface area (Å²) in [7, 11) is 3.07. The van der Waals surface area contributed by atoms with Gasteiger partial charge in [-0.15, -0.1) is 11.8 Å². The van der Waals surface area contributed by atoms with Crippen molar-refractivity contribution in [3.63, 3.8) is 0 Å². The molecule has 4 aromatic rings. The van der Waals surface area contributed by atoms with Crippen LogP contribution in [0.5, 0.6) is 11.5 Å². The molecule has 8 nitrogen and oxygen atoms in total. The van der Waals surface area contributed by atoms with Crippen molar-refractivity contribution < 1.29 is 23.9 Å². The number of nitrogens with one attached hydrogen (secondary N) is 3. The minimum atomic E-state index is -0.518. The van der Waals surface area contributed by atoms with Gasteiger partial charge in [0.2, 0.25) is 5.91 Å². The van der Waals surface area contributed by atoms with E-state index >= 15 is 0 Å². The van der Waals surface area contributed by atoms with Crippen LogP contribution in [0.3, 0.4) is 0 Å². The molecule has 0 spiro atoms. The molecule has 0 aliphatic heterocycles. The quantitative estimate of drug-likeness (QED) is 0.114. The van der Waals surface area contributed by atoms with Crippen molar-refractivity contribution in [2.45, 2.75) is 37.3 Å². The SMILES string of the molecule is CCC(Sc1cccc(NC(=O)/C(=C\c2ccc(OC)c(OC)c2)NC(=O)c2ccccc2)c1)C(=O)Nc1ccc(C)c(C)c1. The fourth-order valence-corrected chi connectivity index (χ4v) is 5.44. The smallest absolute Gasteiger partial charge is 0.272 e. The Hall–Kier alpha value is -5.02. The van der Waals surface area contributed by atoms with Crippen molar-refractivity contribution in [3.05, 3.63) is 119 Å². The van der Waals surface area contributed by atoms with E-state index in [1.807, 2.05) is 63.2 Å². The van der Waals surface area contributed by atoms with E-state index in [4.69, 9.17) is 9.47 Å². The number of hydrogen-bond donors (Lipinski definition) is 3. The summed E-state index contributed by atoms with van der Waals surface area (Å²) < 4.78 is 10.7. The summed E-state index contributed by atoms with van der Waals surface area (Å²) in [6, 6.07) is 27.0. The molecule has 0 aromatic heterocycles. The molecule has 45 heavy (non-hydrogen) atoms. The summed E-state index contributed by atoms with van der Waals surface area (Å²) in [6.45, 7) is 6.01. The van der Waals surface area contributed by atoms with Gasteiger partial charge in [-0.1, -0.05) is 43.3 Å². The highest BCUT2D eigenvalue weighted by atomic mass is 32.2. The Balaban J connectivity index is 1.53. The number of amides is 3. The van der Waals surface area contributed by atoms with Gasteiger partial charge in [-0.2, -0.15) is 0 Å². The maximum atomic E-state index is 13.6. The fourth-order valence-electron chi connectivity index (χ4n) is 4.43. The number of ether oxygens (including phenoxy) is 2. The highest BCUT2D eigenvalue weighted by Gasteiger charge is 2.20. The summed E-state index contributed by atoms with van der Waals surface area (Å²) in [5.41, 5.74) is 4.61. The van der Waals surface area contributed by atoms with Crippen LogP contribution in [-0.2, 0) is 9.59 Å². The first-order chi connectivity index (χ1) is 21.7. The third kappa shape index (κ3) is 9.00. The molecule has 0 radical (unpaired) electrons. The van der Waals surface area contributed by atoms with Gasteiger partial charge in [-0.25, -0.2) is 0 Å². The lowest BCUT2D eigenvalue weighted by atomic mass is 10.1. The van der Waals surface area contributed by atoms with Gasteiger partial charge >= 0.3 is 0 Å². The molecule has 0 saturated heterocycles. The molecule has 0 fully saturated rings. The highest BCUT2D eigenvalue weighted by Crippen LogP contribution is 2.30. The Bertz CT molecular complexity index is 1700. The second-order valence-electron chi connectivity index (χ2n) is 10.3. The average Bonchev–Trinajstić information content (AvgIpc) is 3.05. The molecule has 3 amide bonds. The van der Waals surface area contributed by atoms with Crippen molar-refractivity contribution in [2.24, 2.45) is 0 Å². The van der Waals surface area contributed by atoms with Crippen LogP contribution in [0.1, 0.15) is 40.4 Å². The second-order valence-corrected chi connectivity index (χ2v) is 11.6. The minimum Gasteiger partial charge on any atom is -0.493 e. The van der Waals surface area contributed by atoms with E-state index in [0.717, 1.165) is 21.7 Å². The average molecular weight is 624 g/mol. The number of hydrogen-bond acceptors (Lipinski definition) is 6. The molecule has 3 N–H and O–H groups in total. The predicted octanol–water partition coefficient (Wildman–Crippen LogP) is 7.24. The van der Waals surface area contributed by atoms with E-state index < -0.39 is 11.8 Å². The van der Waals surface area contributed by atoms with E-state index in [0.29, 0.717) is 34.7 Å². The van der Waals surface area contributed by atoms with Gasteiger partial charge < -0.3 is 25.4 Å². The third-order valence-corrected chi connectivity index (χ3v) is 8.41. The highest BCUT2D eigenvalue weighted by molar-refractivity contribution is 8.00. The molecular weight excluding hydrogens is 586 g/mol. The molecule has 0 heterocycles. The van der Waals surface area contributed by atoms with E-state index in [-0.39, 0.29) is 16.9 Å². The lowest BCUT2D eigenvalue weighted by Gasteiger charge is -2.16. The van der Waals surface area contributed by atoms with Gasteiger partial charge in [0.05, 0.1) is 19.5 Å². The molecule has 9 heteroatoms. The molecule has 0 aliphatic rings. The van der Waals surface area contributed by atoms with Crippen molar-refractivity contribution >= 4 is 46.9 Å². The Kier molecular flexibility index (Phi) is 11.4. The lowest BCUT2D eigenvalue weighted by Crippen LogP contribution is -2.30. The summed E-state index contributed by atoms with van der Waals surface area (Å²) in [5.74, 6) is -0.0180. The fraction of sp³-hybridized carbons (Fsp3) is 0.194. The van der Waals surface area contributed by atoms with Crippen molar-refractivity contribution in [1.29, 1.82) is 0 Å². The van der Waals surface area contributed by atoms with Crippen LogP contribution >= 0.6 is 11.8 Å². The van der Waals surface area contributed by atoms with Gasteiger partial charge in [-0.05, 0) is 97.6 Å². The maximum Gasteiger partial charge on any atom is 0.272 e. The first-order valence-electron chi connectivity index (χ1n) is 14.5. The van der Waals surface area contributed by atoms with Crippen LogP contribution in [0.4, 0.5) is 11.4 Å². The first-order valence-corrected chi connectivity index (χ1v) is 15.3. The van der Waals surface area contributed by atoms with E-state index in [1.165, 1.54) is 18.9 Å². The molecule has 0 bridgehead atoms. The monoisotopic (exact) mass is 623 g/mol. The van der Waals surface area contributed by atoms with Gasteiger partial charge in [0, 0.05) is 21.8 Å². The number of carbonyl (C=O) groups is 3. The molecule has 4 aromatic carbocycles. The zero-order chi connectivity index (χ0) is 32.3. The first kappa shape index (κ1) is 32.9. The van der Waals surface area contributed by atoms with Gasteiger partial charge in [0.1, 0.15) is 5.70 Å². The molecule has 232 valence electrons. The number of benzene rings is 4. The zero-order valence-corrected chi connectivity index (χ0v) is 26.8. The molecule has 1 unspecified atom stereocenters. The normalized spacial score (nSPS) is 11.7. The van der Waals surface area contributed by atoms with Crippen LogP contribution in [0.25, 0.3) is 6.08 Å². The zero-order valence-electron chi connectivity index (χ0n) is 26.0. The number of carbonyl (C=O) groups excluding carboxylic acids is 3. The number of aryl methyl sites for hydroxylation is 2. The summed E-state index contributed by atoms with van der Waals surface area (Å²) >= 11 is 1.42. The minimum absolute atomic E-state index is 0.0355. The summed E-state index contributed by atoms with van der Waals surface area (Å²) in [6.07, 6.45) is 2.18. The summed E-state index contributed by atoms with van der Waals surface area (Å²) in [4.78, 5) is 40.6. The van der Waals surface area contributed by atoms with Gasteiger partial charge in [-0.3, -0.25) is 14.4 Å². The number of rotatable bonds is 12. The Labute approximate surface area is 268 Å². The topological polar surface area (TPSA) is 106 Å². The van der Waals surface area contributed by atoms with Crippen molar-refractivity contribution in [3.8, 4) is 11.5 Å². The summed E-state index contributed by atoms with van der Waals surface area (Å²) in [5, 5.41) is 8.31. The molecular formula is C36H37N3O5S. The molecule has 1 atom stereocenters. The van der Waals surface area contributed by atoms with Crippen LogP contribution in [-0.4, -0.2) is 37.2 Å². The molecule has 4 rings (SSSR count). The largest absolute Gasteiger partial charge is 0.493 e. The van der Waals surface area contributed by atoms with Crippen LogP contribution < -0.4 is 25.4 Å². The van der Waals surface area contributed by atoms with E-state index in [9.17, 15) is 14.4 Å². The van der Waals surface area contributed by atoms with E-state index in [1.54, 1.807) is 61.7 Å². The van der Waals surface area contributed by atoms with Gasteiger partial charge in [0.15, 0.2) is 11.5 Å². The third-order valence-electron chi connectivity index (χ3n) is 7.06. The standard InChI is InChI=1S/C36H37N3O5S/c1-6-33(36(42)38-28-17-15-23(2)24(3)19-28)45-29-14-10-13-27(22-29)37-35(41)30(39-34(40)26-11-8-7-9-12-26)20-25-16-18-31(43-4)32(21-25)44-5/h7-22,33H,6H2,1-5H3,(H,37,41)(H,38,42)(H,39,40)/b30-20+. The Morgan fingerprint density at radius 2 is 1.51 bits per heavy atom. The molecule has 0 saturated carbocycles. The predicted molar refractivity (Wildman–Crippen MR) is 181 cm³/mol. The van der Waals surface area contributed by atoms with Crippen molar-refractivity contribution in [1.82, 2.24) is 5.32 Å². The van der Waals surface area contributed by atoms with Gasteiger partial charge in [0.25, 0.3) is 11.8 Å². The van der Waals surface area contributed by atoms with Crippen LogP contribution in [0, 0.1) is 13.8 Å². The van der Waals surface area contributed by atoms with E-state index in [2.05, 4.69) is 16.0 Å². The lowest BCUT2D eigenvalue weighted by molar-refractivity contribution is -0.116. The Morgan fingerprint density at radius 1 is 0.778 bits per heavy atom. The van der Waals surface area contributed by atoms with Crippen molar-refractivity contribution in [2.75, 3.05) is 24.9 Å². The Morgan fingerprint density at radius 3 is 2.20 bits per heavy atom. The number of methoxy groups -OCH3 is 2. The number of thioether (sulfide) groups is 1.